The molecule has 0 unspecified atom stereocenters. The number of benzene rings is 1. The first-order valence-electron chi connectivity index (χ1n) is 6.55. The molecule has 108 valence electrons. The lowest BCUT2D eigenvalue weighted by Crippen LogP contribution is -2.51. The number of amides is 2. The van der Waals surface area contributed by atoms with Gasteiger partial charge in [0.2, 0.25) is 11.8 Å². The van der Waals surface area contributed by atoms with E-state index in [-0.39, 0.29) is 24.9 Å². The van der Waals surface area contributed by atoms with E-state index in [9.17, 15) is 9.59 Å². The molecule has 2 N–H and O–H groups in total. The highest BCUT2D eigenvalue weighted by Crippen LogP contribution is 2.25. The van der Waals surface area contributed by atoms with E-state index in [1.54, 1.807) is 0 Å². The maximum Gasteiger partial charge on any atom is 0.246 e. The number of imide groups is 1. The van der Waals surface area contributed by atoms with Crippen LogP contribution in [0.3, 0.4) is 0 Å². The molecule has 1 saturated heterocycles. The second-order valence-corrected chi connectivity index (χ2v) is 6.05. The minimum atomic E-state index is -0.257. The summed E-state index contributed by atoms with van der Waals surface area (Å²) in [4.78, 5) is 24.8. The topological polar surface area (TPSA) is 61.4 Å². The summed E-state index contributed by atoms with van der Waals surface area (Å²) in [6, 6.07) is 6.24. The van der Waals surface area contributed by atoms with E-state index in [1.807, 2.05) is 23.1 Å². The molecule has 0 spiro atoms. The van der Waals surface area contributed by atoms with Crippen LogP contribution >= 0.6 is 15.9 Å². The molecular weight excluding hydrogens is 322 g/mol. The van der Waals surface area contributed by atoms with Crippen LogP contribution in [-0.2, 0) is 16.1 Å². The van der Waals surface area contributed by atoms with Gasteiger partial charge in [0.25, 0.3) is 0 Å². The predicted octanol–water partition coefficient (Wildman–Crippen LogP) is 1.41. The summed E-state index contributed by atoms with van der Waals surface area (Å²) in [6.07, 6.45) is 0. The maximum atomic E-state index is 11.5. The molecule has 0 saturated carbocycles. The van der Waals surface area contributed by atoms with Gasteiger partial charge in [-0.2, -0.15) is 0 Å². The first-order valence-corrected chi connectivity index (χ1v) is 7.34. The van der Waals surface area contributed by atoms with Gasteiger partial charge < -0.3 is 10.2 Å². The third-order valence-electron chi connectivity index (χ3n) is 3.03. The van der Waals surface area contributed by atoms with Crippen molar-refractivity contribution in [1.82, 2.24) is 10.6 Å². The molecule has 1 heterocycles. The molecule has 0 bridgehead atoms. The summed E-state index contributed by atoms with van der Waals surface area (Å²) in [6.45, 7) is 5.27. The summed E-state index contributed by atoms with van der Waals surface area (Å²) in [5.41, 5.74) is 1.99. The lowest BCUT2D eigenvalue weighted by atomic mass is 10.1. The fraction of sp³-hybridized carbons (Fsp3) is 0.429. The van der Waals surface area contributed by atoms with Crippen molar-refractivity contribution in [2.24, 2.45) is 0 Å². The van der Waals surface area contributed by atoms with Crippen molar-refractivity contribution in [3.63, 3.8) is 0 Å². The van der Waals surface area contributed by atoms with Gasteiger partial charge in [0.05, 0.1) is 13.1 Å². The monoisotopic (exact) mass is 339 g/mol. The molecule has 0 aliphatic carbocycles. The van der Waals surface area contributed by atoms with Crippen LogP contribution in [0.2, 0.25) is 0 Å². The highest BCUT2D eigenvalue weighted by molar-refractivity contribution is 9.10. The number of anilines is 1. The summed E-state index contributed by atoms with van der Waals surface area (Å²) >= 11 is 3.46. The van der Waals surface area contributed by atoms with Crippen molar-refractivity contribution >= 4 is 33.4 Å². The summed E-state index contributed by atoms with van der Waals surface area (Å²) in [5, 5.41) is 5.67. The van der Waals surface area contributed by atoms with Crippen LogP contribution in [-0.4, -0.2) is 30.9 Å². The molecule has 20 heavy (non-hydrogen) atoms. The molecule has 0 aromatic heterocycles. The van der Waals surface area contributed by atoms with E-state index in [2.05, 4.69) is 40.4 Å². The van der Waals surface area contributed by atoms with Crippen LogP contribution in [0.4, 0.5) is 5.69 Å². The minimum absolute atomic E-state index is 0.210. The zero-order valence-corrected chi connectivity index (χ0v) is 13.2. The lowest BCUT2D eigenvalue weighted by Gasteiger charge is -2.29. The van der Waals surface area contributed by atoms with Crippen LogP contribution in [0.25, 0.3) is 0 Å². The Kier molecular flexibility index (Phi) is 4.77. The van der Waals surface area contributed by atoms with Crippen molar-refractivity contribution < 1.29 is 9.59 Å². The van der Waals surface area contributed by atoms with Crippen molar-refractivity contribution in [2.45, 2.75) is 26.4 Å². The molecule has 1 aromatic rings. The van der Waals surface area contributed by atoms with E-state index in [4.69, 9.17) is 0 Å². The van der Waals surface area contributed by atoms with Gasteiger partial charge in [0.1, 0.15) is 0 Å². The van der Waals surface area contributed by atoms with Crippen molar-refractivity contribution in [2.75, 3.05) is 18.0 Å². The Hall–Kier alpha value is -1.40. The number of nitrogens with zero attached hydrogens (tertiary/aromatic N) is 1. The molecule has 6 heteroatoms. The average molecular weight is 340 g/mol. The van der Waals surface area contributed by atoms with E-state index in [1.165, 1.54) is 0 Å². The number of piperazine rings is 1. The highest BCUT2D eigenvalue weighted by Gasteiger charge is 2.24. The zero-order chi connectivity index (χ0) is 14.7. The number of carbonyl (C=O) groups excluding carboxylic acids is 2. The second-order valence-electron chi connectivity index (χ2n) is 5.14. The molecular formula is C14H18BrN3O2. The Morgan fingerprint density at radius 1 is 1.30 bits per heavy atom. The SMILES string of the molecule is CC(C)NCc1cc(Br)ccc1N1CC(=O)NC(=O)C1. The van der Waals surface area contributed by atoms with Crippen LogP contribution in [0.15, 0.2) is 22.7 Å². The Labute approximate surface area is 126 Å². The third-order valence-corrected chi connectivity index (χ3v) is 3.52. The van der Waals surface area contributed by atoms with Gasteiger partial charge in [0.15, 0.2) is 0 Å². The minimum Gasteiger partial charge on any atom is -0.353 e. The van der Waals surface area contributed by atoms with Gasteiger partial charge in [-0.1, -0.05) is 29.8 Å². The molecule has 1 fully saturated rings. The van der Waals surface area contributed by atoms with E-state index in [0.717, 1.165) is 15.7 Å². The number of hydrogen-bond donors (Lipinski definition) is 2. The molecule has 0 atom stereocenters. The first-order chi connectivity index (χ1) is 9.45. The Morgan fingerprint density at radius 3 is 2.55 bits per heavy atom. The molecule has 2 amide bonds. The van der Waals surface area contributed by atoms with Gasteiger partial charge in [-0.25, -0.2) is 0 Å². The first kappa shape index (κ1) is 15.0. The molecule has 1 aliphatic heterocycles. The largest absolute Gasteiger partial charge is 0.353 e. The molecule has 0 radical (unpaired) electrons. The van der Waals surface area contributed by atoms with E-state index < -0.39 is 0 Å². The number of nitrogens with one attached hydrogen (secondary N) is 2. The quantitative estimate of drug-likeness (QED) is 0.814. The zero-order valence-electron chi connectivity index (χ0n) is 11.6. The van der Waals surface area contributed by atoms with Crippen molar-refractivity contribution in [1.29, 1.82) is 0 Å². The van der Waals surface area contributed by atoms with Crippen LogP contribution in [0.5, 0.6) is 0 Å². The Balaban J connectivity index is 2.25. The number of halogens is 1. The van der Waals surface area contributed by atoms with Crippen molar-refractivity contribution in [3.8, 4) is 0 Å². The average Bonchev–Trinajstić information content (AvgIpc) is 2.35. The van der Waals surface area contributed by atoms with Gasteiger partial charge in [0, 0.05) is 22.7 Å². The standard InChI is InChI=1S/C14H18BrN3O2/c1-9(2)16-6-10-5-11(15)3-4-12(10)18-7-13(19)17-14(20)8-18/h3-5,9,16H,6-8H2,1-2H3,(H,17,19,20). The van der Waals surface area contributed by atoms with Gasteiger partial charge in [-0.3, -0.25) is 14.9 Å². The van der Waals surface area contributed by atoms with Crippen LogP contribution in [0.1, 0.15) is 19.4 Å². The predicted molar refractivity (Wildman–Crippen MR) is 81.5 cm³/mol. The lowest BCUT2D eigenvalue weighted by molar-refractivity contribution is -0.130. The molecule has 1 aromatic carbocycles. The van der Waals surface area contributed by atoms with Gasteiger partial charge in [-0.15, -0.1) is 0 Å². The van der Waals surface area contributed by atoms with Crippen molar-refractivity contribution in [3.05, 3.63) is 28.2 Å². The van der Waals surface area contributed by atoms with Crippen LogP contribution in [0, 0.1) is 0 Å². The highest BCUT2D eigenvalue weighted by atomic mass is 79.9. The second kappa shape index (κ2) is 6.37. The van der Waals surface area contributed by atoms with Gasteiger partial charge in [-0.05, 0) is 23.8 Å². The molecule has 2 rings (SSSR count). The summed E-state index contributed by atoms with van der Waals surface area (Å²) < 4.78 is 0.981. The van der Waals surface area contributed by atoms with Crippen LogP contribution < -0.4 is 15.5 Å². The Morgan fingerprint density at radius 2 is 1.95 bits per heavy atom. The fourth-order valence-corrected chi connectivity index (χ4v) is 2.53. The third kappa shape index (κ3) is 3.80. The van der Waals surface area contributed by atoms with E-state index >= 15 is 0 Å². The van der Waals surface area contributed by atoms with Gasteiger partial charge >= 0.3 is 0 Å². The molecule has 5 nitrogen and oxygen atoms in total. The maximum absolute atomic E-state index is 11.5. The smallest absolute Gasteiger partial charge is 0.246 e. The van der Waals surface area contributed by atoms with E-state index in [0.29, 0.717) is 12.6 Å². The normalized spacial score (nSPS) is 15.7. The summed E-state index contributed by atoms with van der Waals surface area (Å²) in [7, 11) is 0. The number of rotatable bonds is 4. The Bertz CT molecular complexity index is 515. The summed E-state index contributed by atoms with van der Waals surface area (Å²) in [5.74, 6) is -0.515. The fourth-order valence-electron chi connectivity index (χ4n) is 2.13. The number of carbonyl (C=O) groups is 2. The number of hydrogen-bond acceptors (Lipinski definition) is 4. The molecule has 1 aliphatic rings.